The SMILES string of the molecule is O=C(NC1CCC(NC(=O)c2cc(F)cnc2Oc2cccc(-c3ccc(CNCCCN4CCOCC4)cc3)c2)CC1)c1cn2cc(F)ccc2n1. The molecule has 0 atom stereocenters. The molecule has 2 aliphatic rings. The number of imidazole rings is 1. The first-order chi connectivity index (χ1) is 25.9. The molecule has 13 heteroatoms. The molecule has 2 amide bonds. The Balaban J connectivity index is 0.902. The van der Waals surface area contributed by atoms with E-state index in [9.17, 15) is 18.4 Å². The van der Waals surface area contributed by atoms with Crippen LogP contribution in [0.5, 0.6) is 11.6 Å². The molecule has 7 rings (SSSR count). The average Bonchev–Trinajstić information content (AvgIpc) is 3.61. The van der Waals surface area contributed by atoms with Crippen molar-refractivity contribution in [3.05, 3.63) is 114 Å². The van der Waals surface area contributed by atoms with Gasteiger partial charge < -0.3 is 29.8 Å². The van der Waals surface area contributed by atoms with Crippen LogP contribution in [-0.4, -0.2) is 82.6 Å². The molecule has 0 spiro atoms. The van der Waals surface area contributed by atoms with Crippen LogP contribution in [0.1, 0.15) is 58.5 Å². The monoisotopic (exact) mass is 723 g/mol. The number of nitrogens with zero attached hydrogens (tertiary/aromatic N) is 4. The number of hydrogen-bond donors (Lipinski definition) is 3. The Kier molecular flexibility index (Phi) is 11.6. The van der Waals surface area contributed by atoms with E-state index in [0.717, 1.165) is 75.7 Å². The van der Waals surface area contributed by atoms with Crippen LogP contribution in [0.4, 0.5) is 8.78 Å². The number of carbonyl (C=O) groups is 2. The predicted molar refractivity (Wildman–Crippen MR) is 196 cm³/mol. The van der Waals surface area contributed by atoms with E-state index in [-0.39, 0.29) is 35.1 Å². The van der Waals surface area contributed by atoms with Crippen molar-refractivity contribution in [2.75, 3.05) is 39.4 Å². The molecule has 2 aromatic carbocycles. The highest BCUT2D eigenvalue weighted by Crippen LogP contribution is 2.29. The molecule has 3 aromatic heterocycles. The highest BCUT2D eigenvalue weighted by molar-refractivity contribution is 5.96. The van der Waals surface area contributed by atoms with E-state index >= 15 is 0 Å². The minimum absolute atomic E-state index is 0.00378. The van der Waals surface area contributed by atoms with Gasteiger partial charge in [0.05, 0.1) is 19.4 Å². The molecule has 1 saturated carbocycles. The summed E-state index contributed by atoms with van der Waals surface area (Å²) < 4.78 is 40.9. The van der Waals surface area contributed by atoms with E-state index in [1.807, 2.05) is 18.2 Å². The lowest BCUT2D eigenvalue weighted by Gasteiger charge is -2.29. The van der Waals surface area contributed by atoms with Gasteiger partial charge in [-0.3, -0.25) is 14.5 Å². The average molecular weight is 724 g/mol. The number of halogens is 2. The standard InChI is InChI=1S/C40H43F2N7O4/c41-30-9-14-37-47-36(26-49(37)25-30)39(51)46-33-12-10-32(11-13-33)45-38(50)35-22-31(42)24-44-40(35)53-34-4-1-3-29(21-34)28-7-5-27(6-8-28)23-43-15-2-16-48-17-19-52-20-18-48/h1,3-9,14,21-22,24-26,32-33,43H,2,10-13,15-20,23H2,(H,45,50)(H,46,51). The summed E-state index contributed by atoms with van der Waals surface area (Å²) in [5.41, 5.74) is 3.81. The number of pyridine rings is 2. The fourth-order valence-electron chi connectivity index (χ4n) is 6.80. The molecule has 3 N–H and O–H groups in total. The normalized spacial score (nSPS) is 17.8. The number of ether oxygens (including phenoxy) is 2. The van der Waals surface area contributed by atoms with Gasteiger partial charge >= 0.3 is 0 Å². The third-order valence-corrected chi connectivity index (χ3v) is 9.70. The van der Waals surface area contributed by atoms with Crippen LogP contribution in [0.15, 0.2) is 85.3 Å². The zero-order valence-electron chi connectivity index (χ0n) is 29.4. The first-order valence-corrected chi connectivity index (χ1v) is 18.2. The van der Waals surface area contributed by atoms with Gasteiger partial charge in [-0.1, -0.05) is 36.4 Å². The van der Waals surface area contributed by atoms with Crippen molar-refractivity contribution in [3.8, 4) is 22.8 Å². The number of amides is 2. The van der Waals surface area contributed by atoms with Crippen LogP contribution in [-0.2, 0) is 11.3 Å². The number of hydrogen-bond acceptors (Lipinski definition) is 8. The molecular formula is C40H43F2N7O4. The van der Waals surface area contributed by atoms with Crippen LogP contribution < -0.4 is 20.7 Å². The molecule has 0 bridgehead atoms. The van der Waals surface area contributed by atoms with Crippen LogP contribution in [0.25, 0.3) is 16.8 Å². The second-order valence-electron chi connectivity index (χ2n) is 13.6. The fourth-order valence-corrected chi connectivity index (χ4v) is 6.80. The van der Waals surface area contributed by atoms with Gasteiger partial charge in [-0.25, -0.2) is 18.7 Å². The second-order valence-corrected chi connectivity index (χ2v) is 13.6. The third-order valence-electron chi connectivity index (χ3n) is 9.70. The Labute approximate surface area is 306 Å². The Bertz CT molecular complexity index is 2030. The Morgan fingerprint density at radius 2 is 1.60 bits per heavy atom. The number of carbonyl (C=O) groups excluding carboxylic acids is 2. The number of aromatic nitrogens is 3. The van der Waals surface area contributed by atoms with Crippen LogP contribution in [0.2, 0.25) is 0 Å². The maximum atomic E-state index is 14.4. The quantitative estimate of drug-likeness (QED) is 0.131. The Hall–Kier alpha value is -5.24. The molecule has 0 unspecified atom stereocenters. The molecule has 53 heavy (non-hydrogen) atoms. The molecule has 0 radical (unpaired) electrons. The van der Waals surface area contributed by atoms with Crippen molar-refractivity contribution in [3.63, 3.8) is 0 Å². The minimum Gasteiger partial charge on any atom is -0.438 e. The van der Waals surface area contributed by atoms with Crippen molar-refractivity contribution < 1.29 is 27.8 Å². The number of benzene rings is 2. The number of fused-ring (bicyclic) bond motifs is 1. The fraction of sp³-hybridized carbons (Fsp3) is 0.350. The largest absolute Gasteiger partial charge is 0.438 e. The highest BCUT2D eigenvalue weighted by Gasteiger charge is 2.26. The van der Waals surface area contributed by atoms with Crippen LogP contribution in [0, 0.1) is 11.6 Å². The molecule has 2 fully saturated rings. The van der Waals surface area contributed by atoms with Gasteiger partial charge in [0.1, 0.15) is 34.3 Å². The summed E-state index contributed by atoms with van der Waals surface area (Å²) in [6.45, 7) is 6.49. The molecule has 4 heterocycles. The number of rotatable bonds is 13. The van der Waals surface area contributed by atoms with Gasteiger partial charge in [0.25, 0.3) is 11.8 Å². The molecule has 1 aliphatic heterocycles. The summed E-state index contributed by atoms with van der Waals surface area (Å²) in [6, 6.07) is 19.5. The van der Waals surface area contributed by atoms with Crippen molar-refractivity contribution in [1.29, 1.82) is 0 Å². The predicted octanol–water partition coefficient (Wildman–Crippen LogP) is 5.75. The maximum Gasteiger partial charge on any atom is 0.271 e. The van der Waals surface area contributed by atoms with Crippen molar-refractivity contribution >= 4 is 17.5 Å². The molecule has 1 aliphatic carbocycles. The summed E-state index contributed by atoms with van der Waals surface area (Å²) in [5.74, 6) is -1.43. The van der Waals surface area contributed by atoms with Gasteiger partial charge in [0.15, 0.2) is 0 Å². The van der Waals surface area contributed by atoms with Gasteiger partial charge in [-0.05, 0) is 92.2 Å². The van der Waals surface area contributed by atoms with Crippen molar-refractivity contribution in [2.24, 2.45) is 0 Å². The third kappa shape index (κ3) is 9.60. The van der Waals surface area contributed by atoms with Crippen molar-refractivity contribution in [1.82, 2.24) is 35.2 Å². The minimum atomic E-state index is -0.649. The van der Waals surface area contributed by atoms with Gasteiger partial charge in [-0.2, -0.15) is 0 Å². The smallest absolute Gasteiger partial charge is 0.271 e. The first kappa shape index (κ1) is 36.1. The lowest BCUT2D eigenvalue weighted by molar-refractivity contribution is 0.0374. The van der Waals surface area contributed by atoms with Crippen LogP contribution >= 0.6 is 0 Å². The summed E-state index contributed by atoms with van der Waals surface area (Å²) >= 11 is 0. The molecule has 5 aromatic rings. The summed E-state index contributed by atoms with van der Waals surface area (Å²) in [6.07, 6.45) is 7.36. The number of morpholine rings is 1. The second kappa shape index (κ2) is 17.1. The molecular weight excluding hydrogens is 680 g/mol. The Morgan fingerprint density at radius 1 is 0.849 bits per heavy atom. The Morgan fingerprint density at radius 3 is 2.38 bits per heavy atom. The first-order valence-electron chi connectivity index (χ1n) is 18.2. The van der Waals surface area contributed by atoms with E-state index in [1.165, 1.54) is 34.5 Å². The van der Waals surface area contributed by atoms with E-state index in [0.29, 0.717) is 37.1 Å². The van der Waals surface area contributed by atoms with E-state index in [2.05, 4.69) is 55.1 Å². The molecule has 11 nitrogen and oxygen atoms in total. The van der Waals surface area contributed by atoms with Gasteiger partial charge in [0.2, 0.25) is 5.88 Å². The molecule has 1 saturated heterocycles. The van der Waals surface area contributed by atoms with E-state index < -0.39 is 17.5 Å². The highest BCUT2D eigenvalue weighted by atomic mass is 19.1. The molecule has 276 valence electrons. The van der Waals surface area contributed by atoms with E-state index in [4.69, 9.17) is 9.47 Å². The zero-order chi connectivity index (χ0) is 36.6. The summed E-state index contributed by atoms with van der Waals surface area (Å²) in [7, 11) is 0. The van der Waals surface area contributed by atoms with Crippen molar-refractivity contribution in [2.45, 2.75) is 50.7 Å². The van der Waals surface area contributed by atoms with E-state index in [1.54, 1.807) is 6.07 Å². The van der Waals surface area contributed by atoms with Gasteiger partial charge in [0, 0.05) is 44.1 Å². The summed E-state index contributed by atoms with van der Waals surface area (Å²) in [5, 5.41) is 9.52. The van der Waals surface area contributed by atoms with Crippen LogP contribution in [0.3, 0.4) is 0 Å². The topological polar surface area (TPSA) is 122 Å². The lowest BCUT2D eigenvalue weighted by atomic mass is 9.91. The maximum absolute atomic E-state index is 14.4. The summed E-state index contributed by atoms with van der Waals surface area (Å²) in [4.78, 5) is 37.1. The number of nitrogens with one attached hydrogen (secondary N) is 3. The zero-order valence-corrected chi connectivity index (χ0v) is 29.4. The lowest BCUT2D eigenvalue weighted by Crippen LogP contribution is -2.44. The van der Waals surface area contributed by atoms with Gasteiger partial charge in [-0.15, -0.1) is 0 Å².